The molecule has 0 saturated heterocycles. The lowest BCUT2D eigenvalue weighted by atomic mass is 10.0. The quantitative estimate of drug-likeness (QED) is 0.309. The van der Waals surface area contributed by atoms with Crippen molar-refractivity contribution in [1.29, 1.82) is 0 Å². The van der Waals surface area contributed by atoms with Crippen molar-refractivity contribution < 1.29 is 9.53 Å². The Hall–Kier alpha value is -1.83. The van der Waals surface area contributed by atoms with Crippen molar-refractivity contribution in [2.75, 3.05) is 6.61 Å². The normalized spacial score (nSPS) is 12.4. The van der Waals surface area contributed by atoms with Gasteiger partial charge in [-0.25, -0.2) is 4.79 Å². The Morgan fingerprint density at radius 1 is 1.08 bits per heavy atom. The molecular weight excluding hydrogens is 296 g/mol. The van der Waals surface area contributed by atoms with Gasteiger partial charge in [-0.05, 0) is 62.1 Å². The molecule has 0 aromatic heterocycles. The van der Waals surface area contributed by atoms with E-state index >= 15 is 0 Å². The van der Waals surface area contributed by atoms with Crippen molar-refractivity contribution in [3.63, 3.8) is 0 Å². The third-order valence-electron chi connectivity index (χ3n) is 4.08. The average molecular weight is 328 g/mol. The molecule has 0 amide bonds. The number of carbonyl (C=O) groups is 1. The molecule has 0 spiro atoms. The van der Waals surface area contributed by atoms with Gasteiger partial charge in [-0.2, -0.15) is 0 Å². The summed E-state index contributed by atoms with van der Waals surface area (Å²) in [6.07, 6.45) is 8.74. The summed E-state index contributed by atoms with van der Waals surface area (Å²) < 4.78 is 5.28. The third-order valence-corrected chi connectivity index (χ3v) is 4.08. The lowest BCUT2D eigenvalue weighted by Crippen LogP contribution is -2.06. The molecule has 1 atom stereocenters. The van der Waals surface area contributed by atoms with E-state index in [-0.39, 0.29) is 5.97 Å². The monoisotopic (exact) mass is 328 g/mol. The predicted octanol–water partition coefficient (Wildman–Crippen LogP) is 6.14. The van der Waals surface area contributed by atoms with Gasteiger partial charge in [0.1, 0.15) is 0 Å². The van der Waals surface area contributed by atoms with Crippen LogP contribution in [0.25, 0.3) is 6.08 Å². The molecule has 0 aliphatic rings. The van der Waals surface area contributed by atoms with Gasteiger partial charge in [-0.3, -0.25) is 0 Å². The number of ether oxygens (including phenoxy) is 1. The van der Waals surface area contributed by atoms with Crippen LogP contribution in [0.5, 0.6) is 0 Å². The first-order valence-electron chi connectivity index (χ1n) is 8.96. The van der Waals surface area contributed by atoms with Gasteiger partial charge in [0.05, 0.1) is 6.61 Å². The standard InChI is InChI=1S/C22H32O2/c1-17(2)7-6-8-19(5)15-16-24-22(23)14-11-20-9-12-21(13-10-20)18(3)4/h7,9-14,18-19H,6,8,15-16H2,1-5H3/b14-11+. The zero-order valence-electron chi connectivity index (χ0n) is 15.8. The molecular formula is C22H32O2. The minimum atomic E-state index is -0.264. The third kappa shape index (κ3) is 8.71. The molecule has 1 unspecified atom stereocenters. The summed E-state index contributed by atoms with van der Waals surface area (Å²) in [5.41, 5.74) is 3.68. The van der Waals surface area contributed by atoms with E-state index in [9.17, 15) is 4.79 Å². The van der Waals surface area contributed by atoms with Crippen molar-refractivity contribution in [2.24, 2.45) is 5.92 Å². The number of hydrogen-bond donors (Lipinski definition) is 0. The van der Waals surface area contributed by atoms with Crippen LogP contribution in [0.4, 0.5) is 0 Å². The molecule has 1 aromatic carbocycles. The van der Waals surface area contributed by atoms with E-state index in [1.807, 2.05) is 18.2 Å². The van der Waals surface area contributed by atoms with E-state index in [4.69, 9.17) is 4.74 Å². The fraction of sp³-hybridized carbons (Fsp3) is 0.500. The van der Waals surface area contributed by atoms with Crippen LogP contribution in [0.2, 0.25) is 0 Å². The largest absolute Gasteiger partial charge is 0.463 e. The van der Waals surface area contributed by atoms with Crippen molar-refractivity contribution in [3.05, 3.63) is 53.1 Å². The molecule has 0 saturated carbocycles. The SMILES string of the molecule is CC(C)=CCCC(C)CCOC(=O)/C=C/c1ccc(C(C)C)cc1. The summed E-state index contributed by atoms with van der Waals surface area (Å²) in [7, 11) is 0. The van der Waals surface area contributed by atoms with Crippen LogP contribution >= 0.6 is 0 Å². The van der Waals surface area contributed by atoms with Gasteiger partial charge in [0.2, 0.25) is 0 Å². The van der Waals surface area contributed by atoms with Gasteiger partial charge < -0.3 is 4.74 Å². The summed E-state index contributed by atoms with van der Waals surface area (Å²) in [6, 6.07) is 8.27. The molecule has 0 aliphatic carbocycles. The highest BCUT2D eigenvalue weighted by atomic mass is 16.5. The van der Waals surface area contributed by atoms with Gasteiger partial charge >= 0.3 is 5.97 Å². The lowest BCUT2D eigenvalue weighted by Gasteiger charge is -2.09. The Labute approximate surface area is 147 Å². The summed E-state index contributed by atoms with van der Waals surface area (Å²) in [6.45, 7) is 11.3. The predicted molar refractivity (Wildman–Crippen MR) is 103 cm³/mol. The second kappa shape index (κ2) is 10.9. The molecule has 0 aliphatic heterocycles. The Bertz CT molecular complexity index is 546. The second-order valence-corrected chi connectivity index (χ2v) is 7.07. The number of hydrogen-bond acceptors (Lipinski definition) is 2. The van der Waals surface area contributed by atoms with Gasteiger partial charge in [0, 0.05) is 6.08 Å². The fourth-order valence-electron chi connectivity index (χ4n) is 2.37. The molecule has 0 radical (unpaired) electrons. The molecule has 1 aromatic rings. The highest BCUT2D eigenvalue weighted by Gasteiger charge is 2.03. The number of rotatable bonds is 9. The first-order valence-corrected chi connectivity index (χ1v) is 8.96. The summed E-state index contributed by atoms with van der Waals surface area (Å²) in [5, 5.41) is 0. The molecule has 2 nitrogen and oxygen atoms in total. The zero-order valence-corrected chi connectivity index (χ0v) is 15.8. The smallest absolute Gasteiger partial charge is 0.330 e. The Kier molecular flexibility index (Phi) is 9.14. The van der Waals surface area contributed by atoms with Crippen LogP contribution < -0.4 is 0 Å². The Morgan fingerprint density at radius 2 is 1.75 bits per heavy atom. The Balaban J connectivity index is 2.29. The number of esters is 1. The van der Waals surface area contributed by atoms with Crippen molar-refractivity contribution >= 4 is 12.0 Å². The first kappa shape index (κ1) is 20.2. The maximum absolute atomic E-state index is 11.8. The van der Waals surface area contributed by atoms with Crippen molar-refractivity contribution in [3.8, 4) is 0 Å². The minimum absolute atomic E-state index is 0.264. The summed E-state index contributed by atoms with van der Waals surface area (Å²) in [4.78, 5) is 11.8. The van der Waals surface area contributed by atoms with Crippen LogP contribution in [0, 0.1) is 5.92 Å². The van der Waals surface area contributed by atoms with Crippen LogP contribution in [0.1, 0.15) is 70.9 Å². The van der Waals surface area contributed by atoms with Gasteiger partial charge in [0.15, 0.2) is 0 Å². The molecule has 132 valence electrons. The number of carbonyl (C=O) groups excluding carboxylic acids is 1. The molecule has 1 rings (SSSR count). The van der Waals surface area contributed by atoms with Crippen LogP contribution in [0.3, 0.4) is 0 Å². The van der Waals surface area contributed by atoms with Gasteiger partial charge in [-0.15, -0.1) is 0 Å². The number of benzene rings is 1. The number of allylic oxidation sites excluding steroid dienone is 2. The highest BCUT2D eigenvalue weighted by molar-refractivity contribution is 5.87. The van der Waals surface area contributed by atoms with E-state index in [1.165, 1.54) is 17.2 Å². The molecule has 0 heterocycles. The second-order valence-electron chi connectivity index (χ2n) is 7.07. The minimum Gasteiger partial charge on any atom is -0.463 e. The molecule has 24 heavy (non-hydrogen) atoms. The molecule has 2 heteroatoms. The summed E-state index contributed by atoms with van der Waals surface area (Å²) >= 11 is 0. The van der Waals surface area contributed by atoms with Gasteiger partial charge in [-0.1, -0.05) is 56.7 Å². The highest BCUT2D eigenvalue weighted by Crippen LogP contribution is 2.15. The van der Waals surface area contributed by atoms with E-state index in [0.29, 0.717) is 18.4 Å². The summed E-state index contributed by atoms with van der Waals surface area (Å²) in [5.74, 6) is 0.826. The first-order chi connectivity index (χ1) is 11.4. The lowest BCUT2D eigenvalue weighted by molar-refractivity contribution is -0.138. The van der Waals surface area contributed by atoms with E-state index in [2.05, 4.69) is 52.8 Å². The molecule has 0 fully saturated rings. The van der Waals surface area contributed by atoms with E-state index in [0.717, 1.165) is 24.8 Å². The van der Waals surface area contributed by atoms with Crippen molar-refractivity contribution in [2.45, 2.75) is 59.8 Å². The molecule has 0 bridgehead atoms. The van der Waals surface area contributed by atoms with Crippen LogP contribution in [-0.4, -0.2) is 12.6 Å². The molecule has 0 N–H and O–H groups in total. The van der Waals surface area contributed by atoms with Crippen LogP contribution in [0.15, 0.2) is 42.0 Å². The van der Waals surface area contributed by atoms with Crippen molar-refractivity contribution in [1.82, 2.24) is 0 Å². The Morgan fingerprint density at radius 3 is 2.33 bits per heavy atom. The average Bonchev–Trinajstić information content (AvgIpc) is 2.53. The van der Waals surface area contributed by atoms with Crippen LogP contribution in [-0.2, 0) is 9.53 Å². The maximum Gasteiger partial charge on any atom is 0.330 e. The van der Waals surface area contributed by atoms with Gasteiger partial charge in [0.25, 0.3) is 0 Å². The zero-order chi connectivity index (χ0) is 17.9. The maximum atomic E-state index is 11.8. The fourth-order valence-corrected chi connectivity index (χ4v) is 2.37. The topological polar surface area (TPSA) is 26.3 Å². The van der Waals surface area contributed by atoms with E-state index < -0.39 is 0 Å². The van der Waals surface area contributed by atoms with E-state index in [1.54, 1.807) is 0 Å².